The van der Waals surface area contributed by atoms with Crippen molar-refractivity contribution in [3.8, 4) is 5.75 Å². The van der Waals surface area contributed by atoms with E-state index < -0.39 is 5.60 Å². The predicted octanol–water partition coefficient (Wildman–Crippen LogP) is 1.50. The fourth-order valence-electron chi connectivity index (χ4n) is 1.66. The minimum Gasteiger partial charge on any atom is -0.496 e. The quantitative estimate of drug-likeness (QED) is 0.790. The van der Waals surface area contributed by atoms with Crippen LogP contribution < -0.4 is 10.5 Å². The van der Waals surface area contributed by atoms with E-state index in [1.54, 1.807) is 7.11 Å². The molecular weight excluding hydrogens is 190 g/mol. The Kier molecular flexibility index (Phi) is 3.72. The van der Waals surface area contributed by atoms with Gasteiger partial charge in [-0.05, 0) is 12.0 Å². The predicted molar refractivity (Wildman–Crippen MR) is 60.8 cm³/mol. The molecule has 1 aromatic rings. The number of aliphatic hydroxyl groups is 1. The number of para-hydroxylation sites is 1. The first-order valence-corrected chi connectivity index (χ1v) is 5.12. The summed E-state index contributed by atoms with van der Waals surface area (Å²) in [6, 6.07) is 7.44. The molecule has 0 bridgehead atoms. The number of hydrogen-bond acceptors (Lipinski definition) is 3. The molecule has 0 spiro atoms. The lowest BCUT2D eigenvalue weighted by Gasteiger charge is -2.32. The van der Waals surface area contributed by atoms with Crippen LogP contribution >= 0.6 is 0 Å². The van der Waals surface area contributed by atoms with Crippen LogP contribution in [0.5, 0.6) is 5.75 Å². The molecule has 0 aromatic heterocycles. The Morgan fingerprint density at radius 3 is 2.47 bits per heavy atom. The summed E-state index contributed by atoms with van der Waals surface area (Å²) in [4.78, 5) is 0. The first-order valence-electron chi connectivity index (χ1n) is 5.12. The molecule has 3 nitrogen and oxygen atoms in total. The molecule has 84 valence electrons. The summed E-state index contributed by atoms with van der Waals surface area (Å²) < 4.78 is 5.23. The van der Waals surface area contributed by atoms with Crippen LogP contribution in [0.2, 0.25) is 0 Å². The van der Waals surface area contributed by atoms with E-state index >= 15 is 0 Å². The summed E-state index contributed by atoms with van der Waals surface area (Å²) in [7, 11) is 1.59. The summed E-state index contributed by atoms with van der Waals surface area (Å²) >= 11 is 0. The van der Waals surface area contributed by atoms with Crippen LogP contribution in [0.25, 0.3) is 0 Å². The summed E-state index contributed by atoms with van der Waals surface area (Å²) in [6.07, 6.45) is 0. The standard InChI is InChI=1S/C12H19NO2/c1-9(2)12(14,8-13)10-6-4-5-7-11(10)15-3/h4-7,9,14H,8,13H2,1-3H3. The Morgan fingerprint density at radius 2 is 2.00 bits per heavy atom. The molecule has 0 aliphatic heterocycles. The largest absolute Gasteiger partial charge is 0.496 e. The first-order chi connectivity index (χ1) is 7.06. The van der Waals surface area contributed by atoms with Gasteiger partial charge in [0.05, 0.1) is 7.11 Å². The molecule has 0 saturated heterocycles. The van der Waals surface area contributed by atoms with Crippen LogP contribution in [0.1, 0.15) is 19.4 Å². The third kappa shape index (κ3) is 2.13. The van der Waals surface area contributed by atoms with E-state index in [1.165, 1.54) is 0 Å². The Balaban J connectivity index is 3.23. The van der Waals surface area contributed by atoms with Gasteiger partial charge < -0.3 is 15.6 Å². The van der Waals surface area contributed by atoms with Gasteiger partial charge in [0.25, 0.3) is 0 Å². The maximum absolute atomic E-state index is 10.5. The normalized spacial score (nSPS) is 15.1. The van der Waals surface area contributed by atoms with Crippen molar-refractivity contribution in [3.63, 3.8) is 0 Å². The van der Waals surface area contributed by atoms with Crippen molar-refractivity contribution in [1.82, 2.24) is 0 Å². The molecule has 1 rings (SSSR count). The van der Waals surface area contributed by atoms with Crippen LogP contribution in [0.3, 0.4) is 0 Å². The van der Waals surface area contributed by atoms with E-state index in [0.717, 1.165) is 5.56 Å². The van der Waals surface area contributed by atoms with Crippen LogP contribution in [0, 0.1) is 5.92 Å². The summed E-state index contributed by atoms with van der Waals surface area (Å²) in [5.74, 6) is 0.720. The monoisotopic (exact) mass is 209 g/mol. The van der Waals surface area contributed by atoms with E-state index in [-0.39, 0.29) is 12.5 Å². The fourth-order valence-corrected chi connectivity index (χ4v) is 1.66. The maximum atomic E-state index is 10.5. The zero-order chi connectivity index (χ0) is 11.5. The minimum absolute atomic E-state index is 0.0406. The van der Waals surface area contributed by atoms with Crippen molar-refractivity contribution in [1.29, 1.82) is 0 Å². The highest BCUT2D eigenvalue weighted by Gasteiger charge is 2.33. The van der Waals surface area contributed by atoms with Gasteiger partial charge in [0.1, 0.15) is 11.4 Å². The van der Waals surface area contributed by atoms with Crippen LogP contribution in [0.15, 0.2) is 24.3 Å². The van der Waals surface area contributed by atoms with E-state index in [2.05, 4.69) is 0 Å². The summed E-state index contributed by atoms with van der Waals surface area (Å²) in [5.41, 5.74) is 5.39. The van der Waals surface area contributed by atoms with Crippen LogP contribution in [0.4, 0.5) is 0 Å². The summed E-state index contributed by atoms with van der Waals surface area (Å²) in [6.45, 7) is 4.07. The Hall–Kier alpha value is -1.06. The molecule has 0 radical (unpaired) electrons. The van der Waals surface area contributed by atoms with E-state index in [0.29, 0.717) is 5.75 Å². The van der Waals surface area contributed by atoms with Gasteiger partial charge in [-0.25, -0.2) is 0 Å². The molecular formula is C12H19NO2. The van der Waals surface area contributed by atoms with Gasteiger partial charge in [0, 0.05) is 12.1 Å². The second-order valence-electron chi connectivity index (χ2n) is 3.98. The van der Waals surface area contributed by atoms with E-state index in [4.69, 9.17) is 10.5 Å². The highest BCUT2D eigenvalue weighted by atomic mass is 16.5. The van der Waals surface area contributed by atoms with Crippen molar-refractivity contribution >= 4 is 0 Å². The molecule has 0 heterocycles. The molecule has 0 aliphatic carbocycles. The van der Waals surface area contributed by atoms with Crippen LogP contribution in [-0.4, -0.2) is 18.8 Å². The number of benzene rings is 1. The molecule has 0 saturated carbocycles. The van der Waals surface area contributed by atoms with E-state index in [1.807, 2.05) is 38.1 Å². The Bertz CT molecular complexity index is 325. The topological polar surface area (TPSA) is 55.5 Å². The van der Waals surface area contributed by atoms with Gasteiger partial charge in [-0.2, -0.15) is 0 Å². The van der Waals surface area contributed by atoms with Gasteiger partial charge in [-0.1, -0.05) is 32.0 Å². The minimum atomic E-state index is -1.02. The molecule has 0 amide bonds. The lowest BCUT2D eigenvalue weighted by Crippen LogP contribution is -2.40. The van der Waals surface area contributed by atoms with E-state index in [9.17, 15) is 5.11 Å². The third-order valence-corrected chi connectivity index (χ3v) is 2.84. The number of rotatable bonds is 4. The molecule has 1 unspecified atom stereocenters. The number of nitrogens with two attached hydrogens (primary N) is 1. The molecule has 0 aliphatic rings. The van der Waals surface area contributed by atoms with Gasteiger partial charge in [0.15, 0.2) is 0 Å². The van der Waals surface area contributed by atoms with Gasteiger partial charge >= 0.3 is 0 Å². The van der Waals surface area contributed by atoms with Crippen molar-refractivity contribution in [2.75, 3.05) is 13.7 Å². The maximum Gasteiger partial charge on any atom is 0.125 e. The number of methoxy groups -OCH3 is 1. The van der Waals surface area contributed by atoms with Gasteiger partial charge in [-0.3, -0.25) is 0 Å². The second-order valence-corrected chi connectivity index (χ2v) is 3.98. The van der Waals surface area contributed by atoms with Gasteiger partial charge in [-0.15, -0.1) is 0 Å². The van der Waals surface area contributed by atoms with Crippen molar-refractivity contribution in [3.05, 3.63) is 29.8 Å². The zero-order valence-electron chi connectivity index (χ0n) is 9.53. The molecule has 3 heteroatoms. The lowest BCUT2D eigenvalue weighted by atomic mass is 9.83. The lowest BCUT2D eigenvalue weighted by molar-refractivity contribution is -0.00313. The van der Waals surface area contributed by atoms with Crippen molar-refractivity contribution in [2.24, 2.45) is 11.7 Å². The molecule has 1 aromatic carbocycles. The number of ether oxygens (including phenoxy) is 1. The second kappa shape index (κ2) is 4.64. The third-order valence-electron chi connectivity index (χ3n) is 2.84. The first kappa shape index (κ1) is 12.0. The highest BCUT2D eigenvalue weighted by Crippen LogP contribution is 2.34. The SMILES string of the molecule is COc1ccccc1C(O)(CN)C(C)C. The smallest absolute Gasteiger partial charge is 0.125 e. The van der Waals surface area contributed by atoms with Crippen molar-refractivity contribution in [2.45, 2.75) is 19.4 Å². The summed E-state index contributed by atoms with van der Waals surface area (Å²) in [5, 5.41) is 10.5. The highest BCUT2D eigenvalue weighted by molar-refractivity contribution is 5.38. The Morgan fingerprint density at radius 1 is 1.40 bits per heavy atom. The zero-order valence-corrected chi connectivity index (χ0v) is 9.53. The van der Waals surface area contributed by atoms with Crippen molar-refractivity contribution < 1.29 is 9.84 Å². The average molecular weight is 209 g/mol. The Labute approximate surface area is 90.9 Å². The average Bonchev–Trinajstić information content (AvgIpc) is 2.27. The molecule has 1 atom stereocenters. The molecule has 3 N–H and O–H groups in total. The fraction of sp³-hybridized carbons (Fsp3) is 0.500. The molecule has 0 fully saturated rings. The van der Waals surface area contributed by atoms with Crippen LogP contribution in [-0.2, 0) is 5.60 Å². The van der Waals surface area contributed by atoms with Gasteiger partial charge in [0.2, 0.25) is 0 Å². The molecule has 15 heavy (non-hydrogen) atoms. The number of hydrogen-bond donors (Lipinski definition) is 2.